The van der Waals surface area contributed by atoms with Crippen molar-refractivity contribution >= 4 is 0 Å². The lowest BCUT2D eigenvalue weighted by Gasteiger charge is -2.39. The summed E-state index contributed by atoms with van der Waals surface area (Å²) in [6.07, 6.45) is 11.2. The molecular formula is C13H20N2. The molecule has 0 amide bonds. The van der Waals surface area contributed by atoms with E-state index in [4.69, 9.17) is 0 Å². The Morgan fingerprint density at radius 1 is 1.27 bits per heavy atom. The molecule has 2 aliphatic rings. The second-order valence-corrected chi connectivity index (χ2v) is 4.57. The molecule has 15 heavy (non-hydrogen) atoms. The molecule has 1 unspecified atom stereocenters. The number of nitrogens with zero attached hydrogens (tertiary/aromatic N) is 1. The maximum atomic E-state index is 3.39. The van der Waals surface area contributed by atoms with Crippen molar-refractivity contribution < 1.29 is 0 Å². The van der Waals surface area contributed by atoms with Gasteiger partial charge in [0.15, 0.2) is 0 Å². The summed E-state index contributed by atoms with van der Waals surface area (Å²) in [5, 5.41) is 3.39. The van der Waals surface area contributed by atoms with Gasteiger partial charge in [-0.2, -0.15) is 0 Å². The van der Waals surface area contributed by atoms with E-state index in [1.54, 1.807) is 0 Å². The first kappa shape index (κ1) is 10.7. The van der Waals surface area contributed by atoms with E-state index in [1.807, 2.05) is 0 Å². The van der Waals surface area contributed by atoms with Gasteiger partial charge in [-0.25, -0.2) is 0 Å². The third-order valence-corrected chi connectivity index (χ3v) is 3.27. The van der Waals surface area contributed by atoms with Crippen molar-refractivity contribution in [1.82, 2.24) is 10.2 Å². The highest BCUT2D eigenvalue weighted by Crippen LogP contribution is 2.22. The van der Waals surface area contributed by atoms with E-state index in [9.17, 15) is 0 Å². The second kappa shape index (κ2) is 4.33. The molecule has 82 valence electrons. The van der Waals surface area contributed by atoms with Crippen LogP contribution >= 0.6 is 0 Å². The van der Waals surface area contributed by atoms with Crippen molar-refractivity contribution in [2.75, 3.05) is 26.2 Å². The van der Waals surface area contributed by atoms with E-state index < -0.39 is 0 Å². The summed E-state index contributed by atoms with van der Waals surface area (Å²) in [7, 11) is 0. The maximum Gasteiger partial charge on any atom is 0.0553 e. The third kappa shape index (κ3) is 2.39. The number of hydrogen-bond donors (Lipinski definition) is 1. The zero-order valence-corrected chi connectivity index (χ0v) is 9.66. The molecule has 1 N–H and O–H groups in total. The molecule has 0 aromatic carbocycles. The highest BCUT2D eigenvalue weighted by molar-refractivity contribution is 5.33. The van der Waals surface area contributed by atoms with Crippen LogP contribution in [0.5, 0.6) is 0 Å². The molecule has 1 heterocycles. The smallest absolute Gasteiger partial charge is 0.0553 e. The van der Waals surface area contributed by atoms with Gasteiger partial charge in [-0.15, -0.1) is 0 Å². The van der Waals surface area contributed by atoms with E-state index in [-0.39, 0.29) is 5.54 Å². The Morgan fingerprint density at radius 3 is 2.73 bits per heavy atom. The van der Waals surface area contributed by atoms with Crippen LogP contribution in [0.3, 0.4) is 0 Å². The molecular weight excluding hydrogens is 184 g/mol. The van der Waals surface area contributed by atoms with Crippen LogP contribution in [-0.4, -0.2) is 36.6 Å². The van der Waals surface area contributed by atoms with E-state index in [0.717, 1.165) is 26.2 Å². The molecule has 0 aromatic heterocycles. The van der Waals surface area contributed by atoms with Crippen LogP contribution in [0.15, 0.2) is 36.0 Å². The van der Waals surface area contributed by atoms with Gasteiger partial charge in [-0.1, -0.05) is 36.0 Å². The largest absolute Gasteiger partial charge is 0.314 e. The summed E-state index contributed by atoms with van der Waals surface area (Å²) in [4.78, 5) is 2.53. The number of nitrogens with one attached hydrogen (secondary N) is 1. The van der Waals surface area contributed by atoms with Crippen molar-refractivity contribution in [3.8, 4) is 0 Å². The van der Waals surface area contributed by atoms with Crippen molar-refractivity contribution in [3.05, 3.63) is 36.0 Å². The topological polar surface area (TPSA) is 15.3 Å². The summed E-state index contributed by atoms with van der Waals surface area (Å²) in [5.74, 6) is 0. The summed E-state index contributed by atoms with van der Waals surface area (Å²) in [5.41, 5.74) is 1.42. The predicted molar refractivity (Wildman–Crippen MR) is 64.9 cm³/mol. The van der Waals surface area contributed by atoms with Crippen LogP contribution in [0.4, 0.5) is 0 Å². The van der Waals surface area contributed by atoms with Crippen molar-refractivity contribution in [2.45, 2.75) is 19.4 Å². The minimum atomic E-state index is 0.0936. The Labute approximate surface area is 92.3 Å². The van der Waals surface area contributed by atoms with Gasteiger partial charge in [-0.3, -0.25) is 4.90 Å². The van der Waals surface area contributed by atoms with Gasteiger partial charge < -0.3 is 5.32 Å². The van der Waals surface area contributed by atoms with Crippen molar-refractivity contribution in [1.29, 1.82) is 0 Å². The summed E-state index contributed by atoms with van der Waals surface area (Å²) in [6.45, 7) is 8.89. The number of rotatable bonds is 1. The standard InChI is InChI=1S/C13H20N2/c1-12-4-3-6-13(2,7-5-12)15-10-8-14-9-11-15/h3-7,14H,8-11H2,1-2H3. The Bertz CT molecular complexity index is 308. The molecule has 0 spiro atoms. The molecule has 1 saturated heterocycles. The Balaban J connectivity index is 2.15. The van der Waals surface area contributed by atoms with Gasteiger partial charge in [0, 0.05) is 26.2 Å². The highest BCUT2D eigenvalue weighted by atomic mass is 15.2. The van der Waals surface area contributed by atoms with E-state index >= 15 is 0 Å². The van der Waals surface area contributed by atoms with Gasteiger partial charge in [-0.05, 0) is 13.8 Å². The SMILES string of the molecule is CC1=CC=CC(C)(N2CCNCC2)C=C1. The highest BCUT2D eigenvalue weighted by Gasteiger charge is 2.27. The van der Waals surface area contributed by atoms with Crippen LogP contribution in [0.2, 0.25) is 0 Å². The van der Waals surface area contributed by atoms with Crippen LogP contribution in [0.25, 0.3) is 0 Å². The Hall–Kier alpha value is -0.860. The van der Waals surface area contributed by atoms with Crippen LogP contribution in [-0.2, 0) is 0 Å². The fraction of sp³-hybridized carbons (Fsp3) is 0.538. The lowest BCUT2D eigenvalue weighted by molar-refractivity contribution is 0.163. The number of hydrogen-bond acceptors (Lipinski definition) is 2. The molecule has 2 rings (SSSR count). The fourth-order valence-corrected chi connectivity index (χ4v) is 2.16. The minimum Gasteiger partial charge on any atom is -0.314 e. The quantitative estimate of drug-likeness (QED) is 0.699. The van der Waals surface area contributed by atoms with E-state index in [1.165, 1.54) is 5.57 Å². The van der Waals surface area contributed by atoms with Gasteiger partial charge in [0.2, 0.25) is 0 Å². The average molecular weight is 204 g/mol. The molecule has 0 radical (unpaired) electrons. The van der Waals surface area contributed by atoms with E-state index in [0.29, 0.717) is 0 Å². The molecule has 1 aliphatic heterocycles. The number of piperazine rings is 1. The molecule has 1 fully saturated rings. The van der Waals surface area contributed by atoms with Crippen LogP contribution in [0.1, 0.15) is 13.8 Å². The normalized spacial score (nSPS) is 32.5. The fourth-order valence-electron chi connectivity index (χ4n) is 2.16. The summed E-state index contributed by atoms with van der Waals surface area (Å²) in [6, 6.07) is 0. The minimum absolute atomic E-state index is 0.0936. The lowest BCUT2D eigenvalue weighted by atomic mass is 9.98. The molecule has 0 bridgehead atoms. The van der Waals surface area contributed by atoms with Crippen molar-refractivity contribution in [3.63, 3.8) is 0 Å². The zero-order chi connectivity index (χ0) is 10.7. The average Bonchev–Trinajstić information content (AvgIpc) is 2.44. The Kier molecular flexibility index (Phi) is 3.08. The molecule has 0 aromatic rings. The zero-order valence-electron chi connectivity index (χ0n) is 9.66. The monoisotopic (exact) mass is 204 g/mol. The first-order valence-electron chi connectivity index (χ1n) is 5.72. The summed E-state index contributed by atoms with van der Waals surface area (Å²) < 4.78 is 0. The first-order valence-corrected chi connectivity index (χ1v) is 5.72. The van der Waals surface area contributed by atoms with Crippen LogP contribution < -0.4 is 5.32 Å². The molecule has 0 saturated carbocycles. The number of allylic oxidation sites excluding steroid dienone is 4. The van der Waals surface area contributed by atoms with Gasteiger partial charge in [0.05, 0.1) is 5.54 Å². The van der Waals surface area contributed by atoms with Gasteiger partial charge in [0.1, 0.15) is 0 Å². The predicted octanol–water partition coefficient (Wildman–Crippen LogP) is 1.72. The maximum absolute atomic E-state index is 3.39. The molecule has 1 aliphatic carbocycles. The van der Waals surface area contributed by atoms with Crippen LogP contribution in [0, 0.1) is 0 Å². The first-order chi connectivity index (χ1) is 7.21. The lowest BCUT2D eigenvalue weighted by Crippen LogP contribution is -2.53. The molecule has 2 nitrogen and oxygen atoms in total. The van der Waals surface area contributed by atoms with Gasteiger partial charge >= 0.3 is 0 Å². The summed E-state index contributed by atoms with van der Waals surface area (Å²) >= 11 is 0. The second-order valence-electron chi connectivity index (χ2n) is 4.57. The Morgan fingerprint density at radius 2 is 2.00 bits per heavy atom. The van der Waals surface area contributed by atoms with E-state index in [2.05, 4.69) is 54.4 Å². The molecule has 1 atom stereocenters. The third-order valence-electron chi connectivity index (χ3n) is 3.27. The van der Waals surface area contributed by atoms with Crippen molar-refractivity contribution in [2.24, 2.45) is 0 Å². The molecule has 2 heteroatoms. The van der Waals surface area contributed by atoms with Gasteiger partial charge in [0.25, 0.3) is 0 Å².